The van der Waals surface area contributed by atoms with E-state index >= 15 is 0 Å². The molecule has 5 nitrogen and oxygen atoms in total. The molecular weight excluding hydrogens is 429 g/mol. The van der Waals surface area contributed by atoms with E-state index in [-0.39, 0.29) is 29.9 Å². The zero-order chi connectivity index (χ0) is 17.0. The van der Waals surface area contributed by atoms with Crippen molar-refractivity contribution in [3.8, 4) is 0 Å². The maximum Gasteiger partial charge on any atom is 0.337 e. The third kappa shape index (κ3) is 4.65. The predicted molar refractivity (Wildman–Crippen MR) is 110 cm³/mol. The van der Waals surface area contributed by atoms with Crippen LogP contribution in [-0.4, -0.2) is 43.6 Å². The fourth-order valence-corrected chi connectivity index (χ4v) is 3.66. The monoisotopic (exact) mass is 457 g/mol. The van der Waals surface area contributed by atoms with Gasteiger partial charge in [-0.25, -0.2) is 9.79 Å². The quantitative estimate of drug-likeness (QED) is 0.326. The number of nitrogens with zero attached hydrogens (tertiary/aromatic N) is 2. The topological polar surface area (TPSA) is 53.9 Å². The number of carbonyl (C=O) groups is 1. The van der Waals surface area contributed by atoms with Gasteiger partial charge in [0.25, 0.3) is 0 Å². The molecule has 0 bridgehead atoms. The van der Waals surface area contributed by atoms with Crippen LogP contribution in [0.5, 0.6) is 0 Å². The lowest BCUT2D eigenvalue weighted by Gasteiger charge is -2.38. The molecule has 1 aromatic carbocycles. The molecule has 1 aliphatic heterocycles. The number of rotatable bonds is 4. The number of halogens is 1. The number of benzene rings is 1. The standard InChI is InChI=1S/C19H27N3O2.HI/c1-3-20-18(22-12-11-19(14-22)9-4-10-19)21-13-15-5-7-16(8-6-15)17(23)24-2;/h5-8H,3-4,9-14H2,1-2H3,(H,20,21);1H. The van der Waals surface area contributed by atoms with Gasteiger partial charge in [-0.05, 0) is 49.3 Å². The Kier molecular flexibility index (Phi) is 7.10. The van der Waals surface area contributed by atoms with Gasteiger partial charge in [0.15, 0.2) is 5.96 Å². The number of hydrogen-bond acceptors (Lipinski definition) is 3. The Morgan fingerprint density at radius 2 is 2.00 bits per heavy atom. The Labute approximate surface area is 167 Å². The van der Waals surface area contributed by atoms with Crippen molar-refractivity contribution in [3.63, 3.8) is 0 Å². The molecule has 2 aliphatic rings. The molecule has 2 fully saturated rings. The second-order valence-corrected chi connectivity index (χ2v) is 6.88. The van der Waals surface area contributed by atoms with Gasteiger partial charge in [0.05, 0.1) is 19.2 Å². The SMILES string of the molecule is CCNC(=NCc1ccc(C(=O)OC)cc1)N1CCC2(CCC2)C1.I. The molecule has 0 radical (unpaired) electrons. The van der Waals surface area contributed by atoms with Crippen LogP contribution in [0.3, 0.4) is 0 Å². The lowest BCUT2D eigenvalue weighted by atomic mass is 9.68. The fourth-order valence-electron chi connectivity index (χ4n) is 3.66. The van der Waals surface area contributed by atoms with Crippen LogP contribution < -0.4 is 5.32 Å². The molecule has 1 aliphatic carbocycles. The van der Waals surface area contributed by atoms with Gasteiger partial charge < -0.3 is 15.0 Å². The highest BCUT2D eigenvalue weighted by atomic mass is 127. The molecule has 6 heteroatoms. The minimum absolute atomic E-state index is 0. The van der Waals surface area contributed by atoms with E-state index in [9.17, 15) is 4.79 Å². The van der Waals surface area contributed by atoms with E-state index in [1.54, 1.807) is 12.1 Å². The summed E-state index contributed by atoms with van der Waals surface area (Å²) in [5.41, 5.74) is 2.23. The molecule has 138 valence electrons. The van der Waals surface area contributed by atoms with Gasteiger partial charge in [0.2, 0.25) is 0 Å². The van der Waals surface area contributed by atoms with Crippen molar-refractivity contribution in [2.75, 3.05) is 26.7 Å². The lowest BCUT2D eigenvalue weighted by Crippen LogP contribution is -2.42. The van der Waals surface area contributed by atoms with E-state index in [0.29, 0.717) is 17.5 Å². The number of esters is 1. The van der Waals surface area contributed by atoms with Crippen LogP contribution in [-0.2, 0) is 11.3 Å². The molecule has 3 rings (SSSR count). The summed E-state index contributed by atoms with van der Waals surface area (Å²) in [5.74, 6) is 0.708. The Bertz CT molecular complexity index is 612. The van der Waals surface area contributed by atoms with E-state index in [1.807, 2.05) is 12.1 Å². The van der Waals surface area contributed by atoms with Crippen molar-refractivity contribution in [1.82, 2.24) is 10.2 Å². The molecule has 1 saturated heterocycles. The van der Waals surface area contributed by atoms with E-state index in [0.717, 1.165) is 31.2 Å². The maximum absolute atomic E-state index is 11.5. The van der Waals surface area contributed by atoms with Crippen LogP contribution in [0.2, 0.25) is 0 Å². The molecular formula is C19H28IN3O2. The van der Waals surface area contributed by atoms with E-state index in [2.05, 4.69) is 17.1 Å². The average molecular weight is 457 g/mol. The number of guanidine groups is 1. The molecule has 0 unspecified atom stereocenters. The summed E-state index contributed by atoms with van der Waals surface area (Å²) in [6, 6.07) is 7.47. The second kappa shape index (κ2) is 8.87. The Morgan fingerprint density at radius 3 is 2.52 bits per heavy atom. The summed E-state index contributed by atoms with van der Waals surface area (Å²) in [6.45, 7) is 5.85. The van der Waals surface area contributed by atoms with Crippen LogP contribution in [0.4, 0.5) is 0 Å². The van der Waals surface area contributed by atoms with E-state index < -0.39 is 0 Å². The number of ether oxygens (including phenoxy) is 1. The van der Waals surface area contributed by atoms with E-state index in [1.165, 1.54) is 32.8 Å². The summed E-state index contributed by atoms with van der Waals surface area (Å²) >= 11 is 0. The van der Waals surface area contributed by atoms with Crippen LogP contribution in [0.25, 0.3) is 0 Å². The highest BCUT2D eigenvalue weighted by Crippen LogP contribution is 2.47. The molecule has 0 aromatic heterocycles. The first kappa shape index (κ1) is 20.0. The number of hydrogen-bond donors (Lipinski definition) is 1. The van der Waals surface area contributed by atoms with Crippen molar-refractivity contribution >= 4 is 35.9 Å². The van der Waals surface area contributed by atoms with Gasteiger partial charge in [-0.15, -0.1) is 24.0 Å². The molecule has 1 N–H and O–H groups in total. The minimum atomic E-state index is -0.304. The molecule has 0 atom stereocenters. The van der Waals surface area contributed by atoms with Crippen LogP contribution in [0.1, 0.15) is 48.5 Å². The van der Waals surface area contributed by atoms with E-state index in [4.69, 9.17) is 9.73 Å². The third-order valence-corrected chi connectivity index (χ3v) is 5.27. The van der Waals surface area contributed by atoms with Gasteiger partial charge in [0.1, 0.15) is 0 Å². The first-order valence-corrected chi connectivity index (χ1v) is 8.86. The van der Waals surface area contributed by atoms with Gasteiger partial charge in [-0.3, -0.25) is 0 Å². The lowest BCUT2D eigenvalue weighted by molar-refractivity contribution is 0.0600. The minimum Gasteiger partial charge on any atom is -0.465 e. The van der Waals surface area contributed by atoms with Gasteiger partial charge in [-0.2, -0.15) is 0 Å². The molecule has 0 amide bonds. The Hall–Kier alpha value is -1.31. The van der Waals surface area contributed by atoms with Crippen molar-refractivity contribution in [3.05, 3.63) is 35.4 Å². The summed E-state index contributed by atoms with van der Waals surface area (Å²) < 4.78 is 4.73. The zero-order valence-electron chi connectivity index (χ0n) is 15.1. The van der Waals surface area contributed by atoms with Gasteiger partial charge in [0, 0.05) is 19.6 Å². The van der Waals surface area contributed by atoms with Crippen molar-refractivity contribution < 1.29 is 9.53 Å². The van der Waals surface area contributed by atoms with Gasteiger partial charge >= 0.3 is 5.97 Å². The normalized spacial score (nSPS) is 18.5. The zero-order valence-corrected chi connectivity index (χ0v) is 17.4. The summed E-state index contributed by atoms with van der Waals surface area (Å²) in [5, 5.41) is 3.42. The van der Waals surface area contributed by atoms with Crippen LogP contribution >= 0.6 is 24.0 Å². The second-order valence-electron chi connectivity index (χ2n) is 6.88. The van der Waals surface area contributed by atoms with Crippen molar-refractivity contribution in [1.29, 1.82) is 0 Å². The maximum atomic E-state index is 11.5. The fraction of sp³-hybridized carbons (Fsp3) is 0.579. The largest absolute Gasteiger partial charge is 0.465 e. The number of nitrogens with one attached hydrogen (secondary N) is 1. The molecule has 25 heavy (non-hydrogen) atoms. The Morgan fingerprint density at radius 1 is 1.28 bits per heavy atom. The number of aliphatic imine (C=N–C) groups is 1. The summed E-state index contributed by atoms with van der Waals surface area (Å²) in [4.78, 5) is 18.7. The first-order valence-electron chi connectivity index (χ1n) is 8.86. The average Bonchev–Trinajstić information content (AvgIpc) is 3.04. The van der Waals surface area contributed by atoms with Crippen molar-refractivity contribution in [2.45, 2.75) is 39.2 Å². The smallest absolute Gasteiger partial charge is 0.337 e. The molecule has 1 spiro atoms. The highest BCUT2D eigenvalue weighted by Gasteiger charge is 2.43. The Balaban J connectivity index is 0.00000225. The van der Waals surface area contributed by atoms with Crippen LogP contribution in [0, 0.1) is 5.41 Å². The summed E-state index contributed by atoms with van der Waals surface area (Å²) in [7, 11) is 1.40. The summed E-state index contributed by atoms with van der Waals surface area (Å²) in [6.07, 6.45) is 5.43. The predicted octanol–water partition coefficient (Wildman–Crippen LogP) is 3.43. The molecule has 1 heterocycles. The molecule has 1 saturated carbocycles. The van der Waals surface area contributed by atoms with Crippen molar-refractivity contribution in [2.24, 2.45) is 10.4 Å². The number of methoxy groups -OCH3 is 1. The number of carbonyl (C=O) groups excluding carboxylic acids is 1. The highest BCUT2D eigenvalue weighted by molar-refractivity contribution is 14.0. The number of likely N-dealkylation sites (tertiary alicyclic amines) is 1. The third-order valence-electron chi connectivity index (χ3n) is 5.27. The first-order chi connectivity index (χ1) is 11.7. The van der Waals surface area contributed by atoms with Crippen LogP contribution in [0.15, 0.2) is 29.3 Å². The van der Waals surface area contributed by atoms with Gasteiger partial charge in [-0.1, -0.05) is 18.6 Å². The molecule has 1 aromatic rings.